The highest BCUT2D eigenvalue weighted by Gasteiger charge is 2.25. The van der Waals surface area contributed by atoms with Gasteiger partial charge in [-0.2, -0.15) is 5.26 Å². The van der Waals surface area contributed by atoms with Crippen molar-refractivity contribution in [2.75, 3.05) is 25.2 Å². The molecule has 0 saturated carbocycles. The summed E-state index contributed by atoms with van der Waals surface area (Å²) in [5.74, 6) is -0.0400. The molecule has 6 nitrogen and oxygen atoms in total. The molecule has 0 spiro atoms. The first kappa shape index (κ1) is 20.9. The van der Waals surface area contributed by atoms with Crippen LogP contribution in [0.4, 0.5) is 5.69 Å². The van der Waals surface area contributed by atoms with Crippen LogP contribution < -0.4 is 4.90 Å². The lowest BCUT2D eigenvalue weighted by Crippen LogP contribution is -2.37. The van der Waals surface area contributed by atoms with Crippen molar-refractivity contribution in [3.63, 3.8) is 0 Å². The second-order valence-electron chi connectivity index (χ2n) is 6.52. The lowest BCUT2D eigenvalue weighted by atomic mass is 10.2. The second-order valence-corrected chi connectivity index (χ2v) is 7.83. The Balaban J connectivity index is 1.85. The Morgan fingerprint density at radius 3 is 2.69 bits per heavy atom. The highest BCUT2D eigenvalue weighted by atomic mass is 32.2. The van der Waals surface area contributed by atoms with Crippen LogP contribution in [0.5, 0.6) is 0 Å². The SMILES string of the molecule is COCCn1c(SC(C)C(=O)N(CCC#N)c2ccccc2)nc2ccccc21. The van der Waals surface area contributed by atoms with Crippen molar-refractivity contribution in [2.24, 2.45) is 0 Å². The molecule has 0 radical (unpaired) electrons. The third-order valence-electron chi connectivity index (χ3n) is 4.55. The van der Waals surface area contributed by atoms with Crippen LogP contribution in [-0.4, -0.2) is 41.0 Å². The molecule has 0 N–H and O–H groups in total. The number of ether oxygens (including phenoxy) is 1. The maximum Gasteiger partial charge on any atom is 0.240 e. The Morgan fingerprint density at radius 2 is 1.97 bits per heavy atom. The van der Waals surface area contributed by atoms with E-state index in [4.69, 9.17) is 15.0 Å². The van der Waals surface area contributed by atoms with E-state index in [1.807, 2.05) is 61.5 Å². The summed E-state index contributed by atoms with van der Waals surface area (Å²) in [6, 6.07) is 19.5. The zero-order valence-corrected chi connectivity index (χ0v) is 17.4. The maximum atomic E-state index is 13.2. The summed E-state index contributed by atoms with van der Waals surface area (Å²) >= 11 is 1.43. The molecule has 0 aliphatic carbocycles. The molecule has 0 aliphatic rings. The van der Waals surface area contributed by atoms with Gasteiger partial charge in [-0.15, -0.1) is 0 Å². The predicted octanol–water partition coefficient (Wildman–Crippen LogP) is 4.11. The van der Waals surface area contributed by atoms with E-state index in [1.165, 1.54) is 11.8 Å². The van der Waals surface area contributed by atoms with Crippen molar-refractivity contribution < 1.29 is 9.53 Å². The van der Waals surface area contributed by atoms with E-state index in [9.17, 15) is 4.79 Å². The van der Waals surface area contributed by atoms with Gasteiger partial charge in [-0.1, -0.05) is 42.1 Å². The van der Waals surface area contributed by atoms with Crippen molar-refractivity contribution in [3.05, 3.63) is 54.6 Å². The molecule has 2 aromatic carbocycles. The van der Waals surface area contributed by atoms with Crippen LogP contribution in [-0.2, 0) is 16.1 Å². The van der Waals surface area contributed by atoms with E-state index in [0.29, 0.717) is 19.7 Å². The largest absolute Gasteiger partial charge is 0.383 e. The Morgan fingerprint density at radius 1 is 1.24 bits per heavy atom. The van der Waals surface area contributed by atoms with Crippen LogP contribution in [0.3, 0.4) is 0 Å². The zero-order chi connectivity index (χ0) is 20.6. The predicted molar refractivity (Wildman–Crippen MR) is 116 cm³/mol. The van der Waals surface area contributed by atoms with Crippen LogP contribution in [0.2, 0.25) is 0 Å². The van der Waals surface area contributed by atoms with Gasteiger partial charge in [0.05, 0.1) is 35.4 Å². The number of nitrogens with zero attached hydrogens (tertiary/aromatic N) is 4. The molecule has 1 amide bonds. The number of hydrogen-bond donors (Lipinski definition) is 0. The van der Waals surface area contributed by atoms with Gasteiger partial charge in [-0.3, -0.25) is 4.79 Å². The molecule has 3 rings (SSSR count). The monoisotopic (exact) mass is 408 g/mol. The van der Waals surface area contributed by atoms with Crippen molar-refractivity contribution in [3.8, 4) is 6.07 Å². The van der Waals surface area contributed by atoms with Gasteiger partial charge in [0.2, 0.25) is 5.91 Å². The number of anilines is 1. The van der Waals surface area contributed by atoms with Crippen LogP contribution in [0.1, 0.15) is 13.3 Å². The molecule has 1 atom stereocenters. The highest BCUT2D eigenvalue weighted by molar-refractivity contribution is 8.00. The molecule has 150 valence electrons. The Hall–Kier alpha value is -2.82. The Kier molecular flexibility index (Phi) is 7.28. The molecule has 1 heterocycles. The number of imidazole rings is 1. The number of para-hydroxylation sites is 3. The first-order valence-electron chi connectivity index (χ1n) is 9.50. The van der Waals surface area contributed by atoms with Gasteiger partial charge in [0.15, 0.2) is 5.16 Å². The van der Waals surface area contributed by atoms with Crippen molar-refractivity contribution in [2.45, 2.75) is 30.3 Å². The fourth-order valence-corrected chi connectivity index (χ4v) is 4.12. The number of rotatable bonds is 9. The Bertz CT molecular complexity index is 997. The summed E-state index contributed by atoms with van der Waals surface area (Å²) in [4.78, 5) is 19.6. The number of hydrogen-bond acceptors (Lipinski definition) is 5. The summed E-state index contributed by atoms with van der Waals surface area (Å²) in [6.45, 7) is 3.48. The average molecular weight is 409 g/mol. The standard InChI is InChI=1S/C22H24N4O2S/c1-17(21(27)25(14-8-13-23)18-9-4-3-5-10-18)29-22-24-19-11-6-7-12-20(19)26(22)15-16-28-2/h3-7,9-12,17H,8,14-16H2,1-2H3. The van der Waals surface area contributed by atoms with Crippen molar-refractivity contribution in [1.29, 1.82) is 5.26 Å². The number of aromatic nitrogens is 2. The highest BCUT2D eigenvalue weighted by Crippen LogP contribution is 2.29. The fraction of sp³-hybridized carbons (Fsp3) is 0.318. The number of nitriles is 1. The first-order valence-corrected chi connectivity index (χ1v) is 10.4. The van der Waals surface area contributed by atoms with Crippen molar-refractivity contribution in [1.82, 2.24) is 9.55 Å². The van der Waals surface area contributed by atoms with Crippen LogP contribution in [0.25, 0.3) is 11.0 Å². The fourth-order valence-electron chi connectivity index (χ4n) is 3.11. The summed E-state index contributed by atoms with van der Waals surface area (Å²) < 4.78 is 7.34. The average Bonchev–Trinajstić information content (AvgIpc) is 3.10. The van der Waals surface area contributed by atoms with Crippen LogP contribution in [0, 0.1) is 11.3 Å². The van der Waals surface area contributed by atoms with E-state index >= 15 is 0 Å². The molecule has 29 heavy (non-hydrogen) atoms. The summed E-state index contributed by atoms with van der Waals surface area (Å²) in [7, 11) is 1.67. The first-order chi connectivity index (χ1) is 14.2. The lowest BCUT2D eigenvalue weighted by Gasteiger charge is -2.25. The number of methoxy groups -OCH3 is 1. The minimum Gasteiger partial charge on any atom is -0.383 e. The van der Waals surface area contributed by atoms with E-state index in [1.54, 1.807) is 12.0 Å². The molecule has 0 aliphatic heterocycles. The number of fused-ring (bicyclic) bond motifs is 1. The molecule has 0 saturated heterocycles. The van der Waals surface area contributed by atoms with Gasteiger partial charge < -0.3 is 14.2 Å². The van der Waals surface area contributed by atoms with E-state index in [0.717, 1.165) is 21.9 Å². The van der Waals surface area contributed by atoms with Gasteiger partial charge in [0.25, 0.3) is 0 Å². The topological polar surface area (TPSA) is 71.2 Å². The van der Waals surface area contributed by atoms with Gasteiger partial charge in [0.1, 0.15) is 0 Å². The van der Waals surface area contributed by atoms with Gasteiger partial charge in [-0.25, -0.2) is 4.98 Å². The van der Waals surface area contributed by atoms with Crippen molar-refractivity contribution >= 4 is 34.4 Å². The van der Waals surface area contributed by atoms with Gasteiger partial charge in [0, 0.05) is 25.9 Å². The quantitative estimate of drug-likeness (QED) is 0.498. The van der Waals surface area contributed by atoms with E-state index in [2.05, 4.69) is 10.6 Å². The molecule has 1 unspecified atom stereocenters. The molecular formula is C22H24N4O2S. The normalized spacial score (nSPS) is 11.9. The number of benzene rings is 2. The van der Waals surface area contributed by atoms with E-state index in [-0.39, 0.29) is 17.6 Å². The number of amides is 1. The summed E-state index contributed by atoms with van der Waals surface area (Å²) in [5.41, 5.74) is 2.72. The molecule has 7 heteroatoms. The Labute approximate surface area is 175 Å². The molecule has 1 aromatic heterocycles. The van der Waals surface area contributed by atoms with Gasteiger partial charge >= 0.3 is 0 Å². The third-order valence-corrected chi connectivity index (χ3v) is 5.63. The van der Waals surface area contributed by atoms with Crippen LogP contribution in [0.15, 0.2) is 59.8 Å². The third kappa shape index (κ3) is 4.97. The lowest BCUT2D eigenvalue weighted by molar-refractivity contribution is -0.117. The smallest absolute Gasteiger partial charge is 0.240 e. The summed E-state index contributed by atoms with van der Waals surface area (Å²) in [6.07, 6.45) is 0.282. The minimum absolute atomic E-state index is 0.0400. The van der Waals surface area contributed by atoms with Crippen LogP contribution >= 0.6 is 11.8 Å². The molecule has 3 aromatic rings. The van der Waals surface area contributed by atoms with Gasteiger partial charge in [-0.05, 0) is 31.2 Å². The summed E-state index contributed by atoms with van der Waals surface area (Å²) in [5, 5.41) is 9.43. The minimum atomic E-state index is -0.355. The zero-order valence-electron chi connectivity index (χ0n) is 16.6. The molecular weight excluding hydrogens is 384 g/mol. The maximum absolute atomic E-state index is 13.2. The molecule has 0 bridgehead atoms. The van der Waals surface area contributed by atoms with E-state index < -0.39 is 0 Å². The number of carbonyl (C=O) groups excluding carboxylic acids is 1. The number of carbonyl (C=O) groups is 1. The molecule has 0 fully saturated rings. The number of thioether (sulfide) groups is 1. The second kappa shape index (κ2) is 10.1.